The van der Waals surface area contributed by atoms with E-state index in [-0.39, 0.29) is 17.9 Å². The van der Waals surface area contributed by atoms with Gasteiger partial charge in [-0.05, 0) is 64.5 Å². The van der Waals surface area contributed by atoms with Crippen LogP contribution in [0.2, 0.25) is 0 Å². The molecule has 186 valence electrons. The van der Waals surface area contributed by atoms with Crippen LogP contribution in [-0.2, 0) is 4.74 Å². The first kappa shape index (κ1) is 24.7. The number of likely N-dealkylation sites (N-methyl/N-ethyl adjacent to an activating group) is 1. The number of aryl methyl sites for hydroxylation is 1. The summed E-state index contributed by atoms with van der Waals surface area (Å²) in [7, 11) is 2.13. The van der Waals surface area contributed by atoms with E-state index in [0.717, 1.165) is 49.6 Å². The first-order chi connectivity index (χ1) is 16.9. The molecule has 0 aliphatic carbocycles. The van der Waals surface area contributed by atoms with E-state index in [9.17, 15) is 9.18 Å². The molecule has 8 heteroatoms. The van der Waals surface area contributed by atoms with Crippen LogP contribution < -0.4 is 15.0 Å². The first-order valence-electron chi connectivity index (χ1n) is 12.1. The molecule has 0 bridgehead atoms. The molecule has 0 saturated carbocycles. The average molecular weight is 481 g/mol. The topological polar surface area (TPSA) is 66.9 Å². The van der Waals surface area contributed by atoms with E-state index in [1.165, 1.54) is 12.3 Å². The molecule has 1 aromatic heterocycles. The molecule has 35 heavy (non-hydrogen) atoms. The number of ether oxygens (including phenoxy) is 2. The van der Waals surface area contributed by atoms with Crippen molar-refractivity contribution < 1.29 is 18.7 Å². The Hall–Kier alpha value is -3.39. The van der Waals surface area contributed by atoms with Crippen LogP contribution in [0.15, 0.2) is 36.5 Å². The summed E-state index contributed by atoms with van der Waals surface area (Å²) in [5.41, 5.74) is 3.49. The Labute approximate surface area is 205 Å². The molecule has 2 heterocycles. The predicted molar refractivity (Wildman–Crippen MR) is 138 cm³/mol. The van der Waals surface area contributed by atoms with Gasteiger partial charge in [0.15, 0.2) is 0 Å². The van der Waals surface area contributed by atoms with Gasteiger partial charge in [-0.25, -0.2) is 9.18 Å². The number of nitrogens with one attached hydrogen (secondary N) is 1. The molecule has 0 atom stereocenters. The van der Waals surface area contributed by atoms with E-state index in [2.05, 4.69) is 27.1 Å². The molecule has 0 unspecified atom stereocenters. The van der Waals surface area contributed by atoms with E-state index < -0.39 is 11.8 Å². The monoisotopic (exact) mass is 480 g/mol. The fourth-order valence-electron chi connectivity index (χ4n) is 4.38. The summed E-state index contributed by atoms with van der Waals surface area (Å²) in [6, 6.07) is 8.74. The molecule has 2 aromatic carbocycles. The van der Waals surface area contributed by atoms with Gasteiger partial charge in [0.25, 0.3) is 0 Å². The standard InChI is InChI=1S/C27H33FN4O3/c1-5-34-25-16-22-19(15-24(25)32-11-7-10-31(4)12-13-32)26(20(17-29-22)27(33)35-6-2)30-23-14-18(3)8-9-21(23)28/h8-9,14-17H,5-7,10-13H2,1-4H3,(H,29,30). The number of carbonyl (C=O) groups excluding carboxylic acids is 1. The molecule has 4 rings (SSSR count). The minimum atomic E-state index is -0.510. The lowest BCUT2D eigenvalue weighted by molar-refractivity contribution is 0.0527. The fraction of sp³-hybridized carbons (Fsp3) is 0.407. The molecule has 1 fully saturated rings. The van der Waals surface area contributed by atoms with Gasteiger partial charge in [0, 0.05) is 37.3 Å². The number of pyridine rings is 1. The number of esters is 1. The average Bonchev–Trinajstić information content (AvgIpc) is 3.06. The van der Waals surface area contributed by atoms with Crippen LogP contribution in [0.25, 0.3) is 10.9 Å². The summed E-state index contributed by atoms with van der Waals surface area (Å²) >= 11 is 0. The number of anilines is 3. The van der Waals surface area contributed by atoms with Gasteiger partial charge in [-0.1, -0.05) is 6.07 Å². The minimum absolute atomic E-state index is 0.227. The number of hydrogen-bond donors (Lipinski definition) is 1. The zero-order valence-electron chi connectivity index (χ0n) is 20.9. The maximum Gasteiger partial charge on any atom is 0.341 e. The van der Waals surface area contributed by atoms with Crippen LogP contribution in [-0.4, -0.2) is 62.3 Å². The highest BCUT2D eigenvalue weighted by molar-refractivity contribution is 6.07. The molecule has 7 nitrogen and oxygen atoms in total. The Bertz CT molecular complexity index is 1220. The second kappa shape index (κ2) is 10.9. The smallest absolute Gasteiger partial charge is 0.341 e. The SMILES string of the molecule is CCOC(=O)c1cnc2cc(OCC)c(N3CCCN(C)CC3)cc2c1Nc1cc(C)ccc1F. The van der Waals surface area contributed by atoms with E-state index in [1.807, 2.05) is 26.0 Å². The number of hydrogen-bond acceptors (Lipinski definition) is 7. The van der Waals surface area contributed by atoms with Crippen molar-refractivity contribution in [3.63, 3.8) is 0 Å². The summed E-state index contributed by atoms with van der Waals surface area (Å²) in [6.45, 7) is 10.0. The molecule has 0 spiro atoms. The van der Waals surface area contributed by atoms with E-state index in [4.69, 9.17) is 9.47 Å². The molecular weight excluding hydrogens is 447 g/mol. The molecule has 1 aliphatic heterocycles. The van der Waals surface area contributed by atoms with E-state index in [0.29, 0.717) is 23.2 Å². The number of benzene rings is 2. The summed E-state index contributed by atoms with van der Waals surface area (Å²) < 4.78 is 26.0. The van der Waals surface area contributed by atoms with Crippen molar-refractivity contribution >= 4 is 33.9 Å². The number of halogens is 1. The van der Waals surface area contributed by atoms with Gasteiger partial charge < -0.3 is 24.6 Å². The highest BCUT2D eigenvalue weighted by Crippen LogP contribution is 2.39. The summed E-state index contributed by atoms with van der Waals surface area (Å²) in [4.78, 5) is 22.0. The van der Waals surface area contributed by atoms with Crippen LogP contribution in [0.3, 0.4) is 0 Å². The molecule has 1 aliphatic rings. The van der Waals surface area contributed by atoms with Crippen molar-refractivity contribution in [3.8, 4) is 5.75 Å². The molecule has 1 N–H and O–H groups in total. The Kier molecular flexibility index (Phi) is 7.70. The minimum Gasteiger partial charge on any atom is -0.492 e. The quantitative estimate of drug-likeness (QED) is 0.470. The fourth-order valence-corrected chi connectivity index (χ4v) is 4.38. The van der Waals surface area contributed by atoms with Crippen molar-refractivity contribution in [3.05, 3.63) is 53.5 Å². The second-order valence-corrected chi connectivity index (χ2v) is 8.79. The number of fused-ring (bicyclic) bond motifs is 1. The maximum atomic E-state index is 14.7. The van der Waals surface area contributed by atoms with Gasteiger partial charge in [0.2, 0.25) is 0 Å². The molecule has 3 aromatic rings. The summed E-state index contributed by atoms with van der Waals surface area (Å²) in [5.74, 6) is -0.171. The zero-order valence-corrected chi connectivity index (χ0v) is 20.9. The second-order valence-electron chi connectivity index (χ2n) is 8.79. The van der Waals surface area contributed by atoms with E-state index >= 15 is 0 Å². The maximum absolute atomic E-state index is 14.7. The Balaban J connectivity index is 1.91. The third-order valence-electron chi connectivity index (χ3n) is 6.19. The zero-order chi connectivity index (χ0) is 24.9. The highest BCUT2D eigenvalue weighted by Gasteiger charge is 2.22. The Morgan fingerprint density at radius 1 is 1.11 bits per heavy atom. The van der Waals surface area contributed by atoms with Gasteiger partial charge in [-0.15, -0.1) is 0 Å². The summed E-state index contributed by atoms with van der Waals surface area (Å²) in [5, 5.41) is 3.88. The van der Waals surface area contributed by atoms with Crippen LogP contribution in [0, 0.1) is 12.7 Å². The van der Waals surface area contributed by atoms with Gasteiger partial charge in [-0.3, -0.25) is 4.98 Å². The van der Waals surface area contributed by atoms with Crippen molar-refractivity contribution in [2.24, 2.45) is 0 Å². The van der Waals surface area contributed by atoms with E-state index in [1.54, 1.807) is 19.1 Å². The largest absolute Gasteiger partial charge is 0.492 e. The Morgan fingerprint density at radius 3 is 2.71 bits per heavy atom. The number of aromatic nitrogens is 1. The number of rotatable bonds is 7. The van der Waals surface area contributed by atoms with Gasteiger partial charge in [0.05, 0.1) is 35.8 Å². The van der Waals surface area contributed by atoms with Crippen LogP contribution in [0.5, 0.6) is 5.75 Å². The van der Waals surface area contributed by atoms with Crippen LogP contribution in [0.4, 0.5) is 21.5 Å². The normalized spacial score (nSPS) is 14.6. The summed E-state index contributed by atoms with van der Waals surface area (Å²) in [6.07, 6.45) is 2.51. The third kappa shape index (κ3) is 5.48. The van der Waals surface area contributed by atoms with Crippen molar-refractivity contribution in [2.75, 3.05) is 56.7 Å². The Morgan fingerprint density at radius 2 is 1.94 bits per heavy atom. The first-order valence-corrected chi connectivity index (χ1v) is 12.1. The lowest BCUT2D eigenvalue weighted by Gasteiger charge is -2.26. The van der Waals surface area contributed by atoms with Crippen molar-refractivity contribution in [1.82, 2.24) is 9.88 Å². The third-order valence-corrected chi connectivity index (χ3v) is 6.19. The van der Waals surface area contributed by atoms with Crippen molar-refractivity contribution in [2.45, 2.75) is 27.2 Å². The number of nitrogens with zero attached hydrogens (tertiary/aromatic N) is 3. The lowest BCUT2D eigenvalue weighted by atomic mass is 10.1. The lowest BCUT2D eigenvalue weighted by Crippen LogP contribution is -2.29. The molecule has 0 amide bonds. The van der Waals surface area contributed by atoms with Crippen molar-refractivity contribution in [1.29, 1.82) is 0 Å². The predicted octanol–water partition coefficient (Wildman–Crippen LogP) is 5.14. The molecular formula is C27H33FN4O3. The van der Waals surface area contributed by atoms with Crippen LogP contribution in [0.1, 0.15) is 36.2 Å². The van der Waals surface area contributed by atoms with Gasteiger partial charge in [-0.2, -0.15) is 0 Å². The highest BCUT2D eigenvalue weighted by atomic mass is 19.1. The number of carbonyl (C=O) groups is 1. The molecule has 0 radical (unpaired) electrons. The molecule has 1 saturated heterocycles. The van der Waals surface area contributed by atoms with Gasteiger partial charge in [0.1, 0.15) is 17.1 Å². The van der Waals surface area contributed by atoms with Gasteiger partial charge >= 0.3 is 5.97 Å². The van der Waals surface area contributed by atoms with Crippen LogP contribution >= 0.6 is 0 Å².